The molecule has 0 rings (SSSR count). The molecule has 10 heteroatoms. The molecule has 19 heavy (non-hydrogen) atoms. The van der Waals surface area contributed by atoms with Gasteiger partial charge in [0.2, 0.25) is 15.9 Å². The average Bonchev–Trinajstić information content (AvgIpc) is 2.22. The molecule has 0 atom stereocenters. The zero-order valence-electron chi connectivity index (χ0n) is 10.4. The Morgan fingerprint density at radius 3 is 2.26 bits per heavy atom. The largest absolute Gasteiger partial charge is 0.481 e. The van der Waals surface area contributed by atoms with Crippen LogP contribution in [0.4, 0.5) is 4.79 Å². The van der Waals surface area contributed by atoms with Crippen molar-refractivity contribution < 1.29 is 27.9 Å². The van der Waals surface area contributed by atoms with Crippen LogP contribution in [0.15, 0.2) is 0 Å². The normalized spacial score (nSPS) is 10.8. The summed E-state index contributed by atoms with van der Waals surface area (Å²) in [5.41, 5.74) is 0. The van der Waals surface area contributed by atoms with Crippen molar-refractivity contribution in [2.45, 2.75) is 19.3 Å². The Morgan fingerprint density at radius 1 is 1.11 bits per heavy atom. The number of carbonyl (C=O) groups is 3. The molecule has 9 nitrogen and oxygen atoms in total. The Morgan fingerprint density at radius 2 is 1.74 bits per heavy atom. The molecule has 0 aromatic carbocycles. The summed E-state index contributed by atoms with van der Waals surface area (Å²) in [5.74, 6) is -1.60. The quantitative estimate of drug-likeness (QED) is 0.406. The van der Waals surface area contributed by atoms with Gasteiger partial charge >= 0.3 is 12.0 Å². The van der Waals surface area contributed by atoms with E-state index in [9.17, 15) is 22.8 Å². The summed E-state index contributed by atoms with van der Waals surface area (Å²) in [7, 11) is -3.31. The minimum atomic E-state index is -3.31. The van der Waals surface area contributed by atoms with E-state index in [0.717, 1.165) is 6.26 Å². The molecular formula is C9H17N3O6S. The number of sulfonamides is 1. The highest BCUT2D eigenvalue weighted by atomic mass is 32.2. The molecule has 0 heterocycles. The fourth-order valence-corrected chi connectivity index (χ4v) is 1.52. The van der Waals surface area contributed by atoms with Gasteiger partial charge in [-0.15, -0.1) is 0 Å². The monoisotopic (exact) mass is 295 g/mol. The second-order valence-electron chi connectivity index (χ2n) is 3.72. The van der Waals surface area contributed by atoms with Gasteiger partial charge in [0.25, 0.3) is 0 Å². The molecule has 0 aliphatic heterocycles. The van der Waals surface area contributed by atoms with Gasteiger partial charge in [0.1, 0.15) is 0 Å². The molecule has 0 aliphatic rings. The molecule has 4 N–H and O–H groups in total. The number of nitrogens with one attached hydrogen (secondary N) is 3. The lowest BCUT2D eigenvalue weighted by Crippen LogP contribution is -2.42. The first-order chi connectivity index (χ1) is 8.70. The van der Waals surface area contributed by atoms with E-state index in [0.29, 0.717) is 0 Å². The van der Waals surface area contributed by atoms with Crippen LogP contribution in [0.1, 0.15) is 19.3 Å². The third-order valence-corrected chi connectivity index (χ3v) is 2.55. The summed E-state index contributed by atoms with van der Waals surface area (Å²) in [6, 6.07) is -0.754. The number of hydrogen-bond donors (Lipinski definition) is 4. The van der Waals surface area contributed by atoms with Crippen LogP contribution in [0.25, 0.3) is 0 Å². The molecule has 0 spiro atoms. The van der Waals surface area contributed by atoms with Gasteiger partial charge < -0.3 is 10.4 Å². The molecule has 3 amide bonds. The lowest BCUT2D eigenvalue weighted by Gasteiger charge is -2.06. The Bertz CT molecular complexity index is 433. The van der Waals surface area contributed by atoms with Gasteiger partial charge in [-0.05, 0) is 6.42 Å². The Kier molecular flexibility index (Phi) is 7.68. The molecule has 0 fully saturated rings. The number of carboxylic acid groups (broad SMARTS) is 1. The molecule has 0 bridgehead atoms. The maximum absolute atomic E-state index is 11.2. The second-order valence-corrected chi connectivity index (χ2v) is 5.55. The predicted octanol–water partition coefficient (Wildman–Crippen LogP) is -1.38. The molecular weight excluding hydrogens is 278 g/mol. The summed E-state index contributed by atoms with van der Waals surface area (Å²) >= 11 is 0. The van der Waals surface area contributed by atoms with Crippen LogP contribution in [0.3, 0.4) is 0 Å². The molecule has 0 unspecified atom stereocenters. The third kappa shape index (κ3) is 12.6. The van der Waals surface area contributed by atoms with Gasteiger partial charge in [0, 0.05) is 25.9 Å². The van der Waals surface area contributed by atoms with Crippen molar-refractivity contribution in [3.05, 3.63) is 0 Å². The summed E-state index contributed by atoms with van der Waals surface area (Å²) in [5, 5.41) is 12.6. The van der Waals surface area contributed by atoms with Crippen LogP contribution < -0.4 is 15.4 Å². The van der Waals surface area contributed by atoms with E-state index in [-0.39, 0.29) is 32.4 Å². The van der Waals surface area contributed by atoms with Gasteiger partial charge in [-0.2, -0.15) is 0 Å². The second kappa shape index (κ2) is 8.43. The number of rotatable bonds is 8. The van der Waals surface area contributed by atoms with Crippen LogP contribution in [-0.4, -0.2) is 50.8 Å². The summed E-state index contributed by atoms with van der Waals surface area (Å²) in [6.45, 7) is 0.0424. The van der Waals surface area contributed by atoms with Crippen LogP contribution in [0.2, 0.25) is 0 Å². The SMILES string of the molecule is CS(=O)(=O)NCCNC(=O)NC(=O)CCCC(=O)O. The molecule has 110 valence electrons. The molecule has 0 aromatic rings. The number of imide groups is 1. The maximum atomic E-state index is 11.2. The summed E-state index contributed by atoms with van der Waals surface area (Å²) < 4.78 is 23.5. The van der Waals surface area contributed by atoms with E-state index in [4.69, 9.17) is 5.11 Å². The minimum absolute atomic E-state index is 0.0134. The Balaban J connectivity index is 3.68. The molecule has 0 saturated heterocycles. The lowest BCUT2D eigenvalue weighted by molar-refractivity contribution is -0.137. The number of carboxylic acids is 1. The predicted molar refractivity (Wildman–Crippen MR) is 65.9 cm³/mol. The molecule has 0 aromatic heterocycles. The van der Waals surface area contributed by atoms with Crippen LogP contribution in [0, 0.1) is 0 Å². The van der Waals surface area contributed by atoms with Crippen molar-refractivity contribution in [3.8, 4) is 0 Å². The van der Waals surface area contributed by atoms with Crippen molar-refractivity contribution in [2.24, 2.45) is 0 Å². The fraction of sp³-hybridized carbons (Fsp3) is 0.667. The number of hydrogen-bond acceptors (Lipinski definition) is 5. The van der Waals surface area contributed by atoms with E-state index in [1.54, 1.807) is 0 Å². The zero-order valence-corrected chi connectivity index (χ0v) is 11.2. The van der Waals surface area contributed by atoms with Crippen molar-refractivity contribution >= 4 is 27.9 Å². The Labute approximate surface area is 110 Å². The Hall–Kier alpha value is -1.68. The topological polar surface area (TPSA) is 142 Å². The number of urea groups is 1. The van der Waals surface area contributed by atoms with Crippen molar-refractivity contribution in [1.29, 1.82) is 0 Å². The fourth-order valence-electron chi connectivity index (χ4n) is 1.05. The number of aliphatic carboxylic acids is 1. The average molecular weight is 295 g/mol. The van der Waals surface area contributed by atoms with E-state index in [2.05, 4.69) is 10.0 Å². The van der Waals surface area contributed by atoms with E-state index in [1.165, 1.54) is 0 Å². The van der Waals surface area contributed by atoms with Crippen molar-refractivity contribution in [2.75, 3.05) is 19.3 Å². The lowest BCUT2D eigenvalue weighted by atomic mass is 10.2. The minimum Gasteiger partial charge on any atom is -0.481 e. The standard InChI is InChI=1S/C9H17N3O6S/c1-19(17,18)11-6-5-10-9(16)12-7(13)3-2-4-8(14)15/h11H,2-6H2,1H3,(H,14,15)(H2,10,12,13,16). The van der Waals surface area contributed by atoms with Crippen LogP contribution in [0.5, 0.6) is 0 Å². The first-order valence-corrected chi connectivity index (χ1v) is 7.34. The maximum Gasteiger partial charge on any atom is 0.321 e. The third-order valence-electron chi connectivity index (χ3n) is 1.82. The van der Waals surface area contributed by atoms with Gasteiger partial charge in [0.05, 0.1) is 6.26 Å². The van der Waals surface area contributed by atoms with E-state index < -0.39 is 27.9 Å². The smallest absolute Gasteiger partial charge is 0.321 e. The van der Waals surface area contributed by atoms with Crippen LogP contribution >= 0.6 is 0 Å². The van der Waals surface area contributed by atoms with Crippen LogP contribution in [-0.2, 0) is 19.6 Å². The first kappa shape index (κ1) is 17.3. The van der Waals surface area contributed by atoms with Gasteiger partial charge in [-0.3, -0.25) is 14.9 Å². The highest BCUT2D eigenvalue weighted by Crippen LogP contribution is 1.94. The van der Waals surface area contributed by atoms with E-state index >= 15 is 0 Å². The summed E-state index contributed by atoms with van der Waals surface area (Å²) in [4.78, 5) is 32.5. The highest BCUT2D eigenvalue weighted by Gasteiger charge is 2.08. The van der Waals surface area contributed by atoms with Gasteiger partial charge in [0.15, 0.2) is 0 Å². The van der Waals surface area contributed by atoms with Crippen molar-refractivity contribution in [1.82, 2.24) is 15.4 Å². The van der Waals surface area contributed by atoms with Crippen molar-refractivity contribution in [3.63, 3.8) is 0 Å². The number of amides is 3. The van der Waals surface area contributed by atoms with Gasteiger partial charge in [-0.1, -0.05) is 0 Å². The molecule has 0 radical (unpaired) electrons. The first-order valence-electron chi connectivity index (χ1n) is 5.45. The number of carbonyl (C=O) groups excluding carboxylic acids is 2. The van der Waals surface area contributed by atoms with Gasteiger partial charge in [-0.25, -0.2) is 17.9 Å². The molecule has 0 saturated carbocycles. The molecule has 0 aliphatic carbocycles. The zero-order chi connectivity index (χ0) is 14.9. The van der Waals surface area contributed by atoms with E-state index in [1.807, 2.05) is 5.32 Å². The highest BCUT2D eigenvalue weighted by molar-refractivity contribution is 7.88. The summed E-state index contributed by atoms with van der Waals surface area (Å²) in [6.07, 6.45) is 0.914.